The van der Waals surface area contributed by atoms with E-state index in [1.54, 1.807) is 71.7 Å². The van der Waals surface area contributed by atoms with E-state index in [1.807, 2.05) is 60.9 Å². The Labute approximate surface area is 361 Å². The minimum atomic E-state index is -1.60. The van der Waals surface area contributed by atoms with Gasteiger partial charge in [0, 0.05) is 38.2 Å². The van der Waals surface area contributed by atoms with Crippen molar-refractivity contribution in [1.82, 2.24) is 14.1 Å². The molecule has 5 nitrogen and oxygen atoms in total. The first-order valence-corrected chi connectivity index (χ1v) is 19.1. The third-order valence-corrected chi connectivity index (χ3v) is 10.0. The van der Waals surface area contributed by atoms with Crippen LogP contribution in [0.5, 0.6) is 11.5 Å². The Hall–Kier alpha value is -7.50. The number of imidazole rings is 1. The van der Waals surface area contributed by atoms with Crippen molar-refractivity contribution in [3.8, 4) is 62.1 Å². The SMILES string of the molecule is [2H]c1c([2H])c([2H])c(-c2cccc(-c3c([2H])c([2H])c([2H])c([2H])c3[2H])c2-[n+]2[c-]n(-c3cccc(Oc4ccc5c6cc(-c7ccccc7)ccc6n(-c6cc(C([2H])([2H])C(C)C)ccn6)c5c4)c3)cc2)c([2H])c1[2H]. The van der Waals surface area contributed by atoms with Gasteiger partial charge < -0.3 is 4.74 Å². The summed E-state index contributed by atoms with van der Waals surface area (Å²) in [5.74, 6) is 1.25. The lowest BCUT2D eigenvalue weighted by Gasteiger charge is -2.16. The molecule has 10 aromatic rings. The van der Waals surface area contributed by atoms with E-state index in [4.69, 9.17) is 26.2 Å². The Morgan fingerprint density at radius 1 is 0.661 bits per heavy atom. The second-order valence-corrected chi connectivity index (χ2v) is 14.3. The highest BCUT2D eigenvalue weighted by atomic mass is 16.5. The van der Waals surface area contributed by atoms with Crippen molar-refractivity contribution in [3.05, 3.63) is 212 Å². The zero-order valence-corrected chi connectivity index (χ0v) is 32.1. The van der Waals surface area contributed by atoms with Crippen LogP contribution in [0.25, 0.3) is 72.4 Å². The Kier molecular flexibility index (Phi) is 6.54. The molecule has 0 aliphatic rings. The highest BCUT2D eigenvalue weighted by Gasteiger charge is 2.18. The average Bonchev–Trinajstić information content (AvgIpc) is 4.00. The molecule has 3 aromatic heterocycles. The van der Waals surface area contributed by atoms with Gasteiger partial charge in [0.1, 0.15) is 17.3 Å². The van der Waals surface area contributed by atoms with Crippen LogP contribution in [0.1, 0.15) is 35.9 Å². The molecule has 0 radical (unpaired) electrons. The maximum atomic E-state index is 8.88. The Morgan fingerprint density at radius 2 is 1.39 bits per heavy atom. The lowest BCUT2D eigenvalue weighted by atomic mass is 9.96. The van der Waals surface area contributed by atoms with Crippen LogP contribution >= 0.6 is 0 Å². The van der Waals surface area contributed by atoms with E-state index in [0.29, 0.717) is 28.6 Å². The molecule has 0 saturated carbocycles. The molecule has 0 bridgehead atoms. The number of rotatable bonds is 10. The highest BCUT2D eigenvalue weighted by Crippen LogP contribution is 2.38. The Balaban J connectivity index is 1.08. The maximum absolute atomic E-state index is 8.88. The fraction of sp³-hybridized carbons (Fsp3) is 0.0741. The molecule has 284 valence electrons. The van der Waals surface area contributed by atoms with Crippen LogP contribution in [-0.4, -0.2) is 14.1 Å². The molecule has 0 atom stereocenters. The van der Waals surface area contributed by atoms with Crippen LogP contribution in [0.15, 0.2) is 200 Å². The normalized spacial score (nSPS) is 14.6. The number of benzene rings is 7. The molecule has 0 unspecified atom stereocenters. The minimum absolute atomic E-state index is 0.142. The molecular formula is C54H42N4O. The summed E-state index contributed by atoms with van der Waals surface area (Å²) in [7, 11) is 0. The van der Waals surface area contributed by atoms with Gasteiger partial charge in [0.25, 0.3) is 6.33 Å². The minimum Gasteiger partial charge on any atom is -0.458 e. The molecule has 0 N–H and O–H groups in total. The molecule has 0 fully saturated rings. The van der Waals surface area contributed by atoms with Crippen LogP contribution in [0.2, 0.25) is 0 Å². The zero-order valence-electron chi connectivity index (χ0n) is 44.1. The third-order valence-electron chi connectivity index (χ3n) is 10.0. The number of hydrogen-bond donors (Lipinski definition) is 0. The molecule has 0 amide bonds. The van der Waals surface area contributed by atoms with Crippen LogP contribution in [0, 0.1) is 12.2 Å². The predicted molar refractivity (Wildman–Crippen MR) is 240 cm³/mol. The number of para-hydroxylation sites is 1. The zero-order chi connectivity index (χ0) is 50.2. The van der Waals surface area contributed by atoms with Gasteiger partial charge >= 0.3 is 0 Å². The first-order valence-electron chi connectivity index (χ1n) is 25.1. The molecule has 7 aromatic carbocycles. The van der Waals surface area contributed by atoms with Gasteiger partial charge in [-0.15, -0.1) is 0 Å². The standard InChI is InChI=1S/C54H42N4O/c1-38(2)32-39-28-29-55-53(33-39)58-51-27-24-43(40-14-6-3-7-15-40)34-50(51)49-26-25-46(36-52(49)58)59-45-21-12-20-44(35-45)56-30-31-57(37-56)54-47(41-16-8-4-9-17-41)22-13-23-48(54)42-18-10-5-11-19-42/h3-31,33-36,38H,32H2,1-2H3/i4D,5D,8D,9D,10D,11D,16D,17D,18D,19D,32D2. The van der Waals surface area contributed by atoms with Gasteiger partial charge in [-0.1, -0.05) is 135 Å². The summed E-state index contributed by atoms with van der Waals surface area (Å²) < 4.78 is 115. The predicted octanol–water partition coefficient (Wildman–Crippen LogP) is 13.0. The first-order chi connectivity index (χ1) is 34.0. The number of hydrogen-bond acceptors (Lipinski definition) is 2. The fourth-order valence-electron chi connectivity index (χ4n) is 7.48. The fourth-order valence-corrected chi connectivity index (χ4v) is 7.48. The molecule has 0 spiro atoms. The smallest absolute Gasteiger partial charge is 0.268 e. The topological polar surface area (TPSA) is 35.9 Å². The summed E-state index contributed by atoms with van der Waals surface area (Å²) in [4.78, 5) is 4.76. The molecule has 59 heavy (non-hydrogen) atoms. The largest absolute Gasteiger partial charge is 0.458 e. The van der Waals surface area contributed by atoms with Crippen molar-refractivity contribution in [3.63, 3.8) is 0 Å². The molecular weight excluding hydrogens is 721 g/mol. The van der Waals surface area contributed by atoms with Gasteiger partial charge in [-0.3, -0.25) is 13.7 Å². The van der Waals surface area contributed by atoms with Crippen molar-refractivity contribution in [2.24, 2.45) is 5.92 Å². The van der Waals surface area contributed by atoms with E-state index in [-0.39, 0.29) is 33.9 Å². The van der Waals surface area contributed by atoms with E-state index in [1.165, 1.54) is 4.57 Å². The Morgan fingerprint density at radius 3 is 2.14 bits per heavy atom. The maximum Gasteiger partial charge on any atom is 0.268 e. The summed E-state index contributed by atoms with van der Waals surface area (Å²) in [6.07, 6.45) is 6.59. The van der Waals surface area contributed by atoms with Crippen molar-refractivity contribution in [2.75, 3.05) is 0 Å². The number of nitrogens with zero attached hydrogens (tertiary/aromatic N) is 4. The number of pyridine rings is 1. The summed E-state index contributed by atoms with van der Waals surface area (Å²) in [6.45, 7) is 3.71. The summed E-state index contributed by atoms with van der Waals surface area (Å²) in [6, 6.07) is 32.3. The summed E-state index contributed by atoms with van der Waals surface area (Å²) in [5.41, 5.74) is 5.06. The Bertz CT molecular complexity index is 3630. The third kappa shape index (κ3) is 7.08. The number of aromatic nitrogens is 4. The number of ether oxygens (including phenoxy) is 1. The van der Waals surface area contributed by atoms with Crippen LogP contribution in [-0.2, 0) is 6.37 Å². The highest BCUT2D eigenvalue weighted by molar-refractivity contribution is 6.10. The second kappa shape index (κ2) is 15.4. The van der Waals surface area contributed by atoms with E-state index in [9.17, 15) is 0 Å². The molecule has 5 heteroatoms. The first kappa shape index (κ1) is 25.0. The van der Waals surface area contributed by atoms with Gasteiger partial charge in [0.05, 0.1) is 36.1 Å². The van der Waals surface area contributed by atoms with Crippen LogP contribution < -0.4 is 9.30 Å². The number of fused-ring (bicyclic) bond motifs is 3. The van der Waals surface area contributed by atoms with E-state index in [2.05, 4.69) is 36.7 Å². The quantitative estimate of drug-likeness (QED) is 0.102. The van der Waals surface area contributed by atoms with Gasteiger partial charge in [0.15, 0.2) is 0 Å². The van der Waals surface area contributed by atoms with E-state index >= 15 is 0 Å². The summed E-state index contributed by atoms with van der Waals surface area (Å²) >= 11 is 0. The monoisotopic (exact) mass is 774 g/mol. The lowest BCUT2D eigenvalue weighted by molar-refractivity contribution is -0.598. The van der Waals surface area contributed by atoms with Gasteiger partial charge in [-0.25, -0.2) is 4.98 Å². The van der Waals surface area contributed by atoms with Gasteiger partial charge in [-0.05, 0) is 106 Å². The lowest BCUT2D eigenvalue weighted by Crippen LogP contribution is -2.30. The van der Waals surface area contributed by atoms with Gasteiger partial charge in [0.2, 0.25) is 0 Å². The average molecular weight is 775 g/mol. The van der Waals surface area contributed by atoms with Crippen molar-refractivity contribution < 1.29 is 25.8 Å². The molecule has 10 rings (SSSR count). The van der Waals surface area contributed by atoms with E-state index < -0.39 is 66.8 Å². The van der Waals surface area contributed by atoms with Crippen molar-refractivity contribution in [1.29, 1.82) is 0 Å². The summed E-state index contributed by atoms with van der Waals surface area (Å²) in [5, 5.41) is 1.92. The van der Waals surface area contributed by atoms with Crippen LogP contribution in [0.3, 0.4) is 0 Å². The molecule has 3 heterocycles. The van der Waals surface area contributed by atoms with E-state index in [0.717, 1.165) is 32.9 Å². The second-order valence-electron chi connectivity index (χ2n) is 14.3. The van der Waals surface area contributed by atoms with Crippen molar-refractivity contribution in [2.45, 2.75) is 20.2 Å². The van der Waals surface area contributed by atoms with Crippen LogP contribution in [0.4, 0.5) is 0 Å². The molecule has 0 aliphatic carbocycles. The molecule has 0 aliphatic heterocycles. The van der Waals surface area contributed by atoms with Gasteiger partial charge in [-0.2, -0.15) is 0 Å². The molecule has 0 saturated heterocycles. The van der Waals surface area contributed by atoms with Crippen molar-refractivity contribution >= 4 is 21.8 Å².